The minimum atomic E-state index is -0.0299. The van der Waals surface area contributed by atoms with Gasteiger partial charge in [0.05, 0.1) is 0 Å². The van der Waals surface area contributed by atoms with Crippen molar-refractivity contribution in [3.05, 3.63) is 35.9 Å². The van der Waals surface area contributed by atoms with E-state index < -0.39 is 0 Å². The maximum atomic E-state index is 12.4. The average molecular weight is 451 g/mol. The third-order valence-electron chi connectivity index (χ3n) is 11.4. The Morgan fingerprint density at radius 2 is 1.73 bits per heavy atom. The lowest BCUT2D eigenvalue weighted by Gasteiger charge is -2.61. The second-order valence-corrected chi connectivity index (χ2v) is 12.8. The summed E-state index contributed by atoms with van der Waals surface area (Å²) in [7, 11) is 0. The van der Waals surface area contributed by atoms with Crippen LogP contribution in [0.4, 0.5) is 0 Å². The Bertz CT molecular complexity index is 817. The second kappa shape index (κ2) is 9.38. The minimum Gasteiger partial charge on any atom is -0.461 e. The van der Waals surface area contributed by atoms with Crippen molar-refractivity contribution in [2.45, 2.75) is 104 Å². The number of hydrogen-bond donors (Lipinski definition) is 0. The highest BCUT2D eigenvalue weighted by Gasteiger charge is 2.60. The van der Waals surface area contributed by atoms with Crippen molar-refractivity contribution in [1.29, 1.82) is 0 Å². The van der Waals surface area contributed by atoms with E-state index in [0.717, 1.165) is 41.6 Å². The molecular formula is C31H46O2. The van der Waals surface area contributed by atoms with Crippen LogP contribution in [0.1, 0.15) is 103 Å². The molecule has 0 spiro atoms. The number of fused-ring (bicyclic) bond motifs is 5. The summed E-state index contributed by atoms with van der Waals surface area (Å²) >= 11 is 0. The molecule has 4 aliphatic carbocycles. The zero-order chi connectivity index (χ0) is 23.1. The van der Waals surface area contributed by atoms with Crippen LogP contribution in [-0.4, -0.2) is 5.97 Å². The molecule has 1 aromatic carbocycles. The Hall–Kier alpha value is -1.31. The molecule has 4 fully saturated rings. The van der Waals surface area contributed by atoms with Crippen LogP contribution in [0.5, 0.6) is 0 Å². The summed E-state index contributed by atoms with van der Waals surface area (Å²) < 4.78 is 5.57. The van der Waals surface area contributed by atoms with Crippen LogP contribution in [0, 0.1) is 46.3 Å². The lowest BCUT2D eigenvalue weighted by atomic mass is 9.44. The molecule has 0 N–H and O–H groups in total. The lowest BCUT2D eigenvalue weighted by molar-refractivity contribution is -0.145. The first-order chi connectivity index (χ1) is 15.9. The SMILES string of the molecule is C[C@H](CCC(=O)OCc1ccccc1)C1CCC2C3CCC4CCCCC4(C)C3CCC21C. The van der Waals surface area contributed by atoms with E-state index in [9.17, 15) is 4.79 Å². The average Bonchev–Trinajstić information content (AvgIpc) is 3.19. The number of ether oxygens (including phenoxy) is 1. The topological polar surface area (TPSA) is 26.3 Å². The first-order valence-corrected chi connectivity index (χ1v) is 14.1. The summed E-state index contributed by atoms with van der Waals surface area (Å²) in [5.41, 5.74) is 2.20. The van der Waals surface area contributed by atoms with Gasteiger partial charge in [-0.3, -0.25) is 4.79 Å². The molecule has 8 atom stereocenters. The Morgan fingerprint density at radius 1 is 0.939 bits per heavy atom. The largest absolute Gasteiger partial charge is 0.461 e. The van der Waals surface area contributed by atoms with Crippen molar-refractivity contribution >= 4 is 5.97 Å². The zero-order valence-corrected chi connectivity index (χ0v) is 21.4. The molecular weight excluding hydrogens is 404 g/mol. The van der Waals surface area contributed by atoms with Crippen LogP contribution in [0.2, 0.25) is 0 Å². The maximum Gasteiger partial charge on any atom is 0.306 e. The van der Waals surface area contributed by atoms with Gasteiger partial charge in [0.25, 0.3) is 0 Å². The van der Waals surface area contributed by atoms with E-state index >= 15 is 0 Å². The fourth-order valence-corrected chi connectivity index (χ4v) is 9.63. The molecule has 5 rings (SSSR count). The third-order valence-corrected chi connectivity index (χ3v) is 11.4. The van der Waals surface area contributed by atoms with E-state index in [-0.39, 0.29) is 5.97 Å². The number of rotatable bonds is 6. The van der Waals surface area contributed by atoms with Gasteiger partial charge in [0.15, 0.2) is 0 Å². The summed E-state index contributed by atoms with van der Waals surface area (Å²) in [5.74, 6) is 5.25. The first kappa shape index (κ1) is 23.4. The lowest BCUT2D eigenvalue weighted by Crippen LogP contribution is -2.53. The van der Waals surface area contributed by atoms with Crippen LogP contribution < -0.4 is 0 Å². The Balaban J connectivity index is 1.18. The Labute approximate surface area is 202 Å². The predicted octanol–water partition coefficient (Wildman–Crippen LogP) is 8.20. The number of carbonyl (C=O) groups excluding carboxylic acids is 1. The molecule has 4 saturated carbocycles. The molecule has 2 nitrogen and oxygen atoms in total. The molecule has 33 heavy (non-hydrogen) atoms. The van der Waals surface area contributed by atoms with Crippen LogP contribution in [-0.2, 0) is 16.1 Å². The predicted molar refractivity (Wildman–Crippen MR) is 134 cm³/mol. The van der Waals surface area contributed by atoms with Gasteiger partial charge in [0.1, 0.15) is 6.61 Å². The van der Waals surface area contributed by atoms with Gasteiger partial charge in [-0.05, 0) is 110 Å². The summed E-state index contributed by atoms with van der Waals surface area (Å²) in [4.78, 5) is 12.4. The van der Waals surface area contributed by atoms with Gasteiger partial charge >= 0.3 is 5.97 Å². The van der Waals surface area contributed by atoms with Gasteiger partial charge in [-0.25, -0.2) is 0 Å². The minimum absolute atomic E-state index is 0.0299. The molecule has 0 bridgehead atoms. The van der Waals surface area contributed by atoms with Crippen molar-refractivity contribution in [3.8, 4) is 0 Å². The summed E-state index contributed by atoms with van der Waals surface area (Å²) in [5, 5.41) is 0. The molecule has 0 amide bonds. The maximum absolute atomic E-state index is 12.4. The van der Waals surface area contributed by atoms with Crippen LogP contribution in [0.3, 0.4) is 0 Å². The van der Waals surface area contributed by atoms with E-state index in [0.29, 0.717) is 29.8 Å². The molecule has 182 valence electrons. The highest BCUT2D eigenvalue weighted by molar-refractivity contribution is 5.69. The summed E-state index contributed by atoms with van der Waals surface area (Å²) in [6.07, 6.45) is 16.2. The Kier molecular flexibility index (Phi) is 6.66. The van der Waals surface area contributed by atoms with E-state index in [1.54, 1.807) is 0 Å². The van der Waals surface area contributed by atoms with Gasteiger partial charge in [-0.2, -0.15) is 0 Å². The third kappa shape index (κ3) is 4.30. The number of benzene rings is 1. The summed E-state index contributed by atoms with van der Waals surface area (Å²) in [6.45, 7) is 8.16. The van der Waals surface area contributed by atoms with Crippen molar-refractivity contribution < 1.29 is 9.53 Å². The van der Waals surface area contributed by atoms with Crippen molar-refractivity contribution in [2.75, 3.05) is 0 Å². The Morgan fingerprint density at radius 3 is 2.55 bits per heavy atom. The monoisotopic (exact) mass is 450 g/mol. The fraction of sp³-hybridized carbons (Fsp3) is 0.774. The van der Waals surface area contributed by atoms with Crippen molar-refractivity contribution in [2.24, 2.45) is 46.3 Å². The molecule has 0 aromatic heterocycles. The highest BCUT2D eigenvalue weighted by Crippen LogP contribution is 2.68. The van der Waals surface area contributed by atoms with E-state index in [1.807, 2.05) is 30.3 Å². The smallest absolute Gasteiger partial charge is 0.306 e. The molecule has 0 radical (unpaired) electrons. The number of esters is 1. The van der Waals surface area contributed by atoms with Gasteiger partial charge < -0.3 is 4.74 Å². The summed E-state index contributed by atoms with van der Waals surface area (Å²) in [6, 6.07) is 10.0. The van der Waals surface area contributed by atoms with Gasteiger partial charge in [0, 0.05) is 6.42 Å². The van der Waals surface area contributed by atoms with Crippen LogP contribution in [0.15, 0.2) is 30.3 Å². The van der Waals surface area contributed by atoms with Crippen LogP contribution >= 0.6 is 0 Å². The van der Waals surface area contributed by atoms with E-state index in [1.165, 1.54) is 64.2 Å². The van der Waals surface area contributed by atoms with E-state index in [4.69, 9.17) is 4.74 Å². The molecule has 1 aromatic rings. The van der Waals surface area contributed by atoms with Crippen LogP contribution in [0.25, 0.3) is 0 Å². The number of hydrogen-bond acceptors (Lipinski definition) is 2. The first-order valence-electron chi connectivity index (χ1n) is 14.1. The molecule has 7 unspecified atom stereocenters. The number of carbonyl (C=O) groups is 1. The fourth-order valence-electron chi connectivity index (χ4n) is 9.63. The normalized spacial score (nSPS) is 40.9. The molecule has 0 saturated heterocycles. The molecule has 0 heterocycles. The molecule has 2 heteroatoms. The van der Waals surface area contributed by atoms with Crippen molar-refractivity contribution in [3.63, 3.8) is 0 Å². The molecule has 4 aliphatic rings. The highest BCUT2D eigenvalue weighted by atomic mass is 16.5. The van der Waals surface area contributed by atoms with Gasteiger partial charge in [-0.1, -0.05) is 63.9 Å². The quantitative estimate of drug-likeness (QED) is 0.408. The van der Waals surface area contributed by atoms with Crippen molar-refractivity contribution in [1.82, 2.24) is 0 Å². The zero-order valence-electron chi connectivity index (χ0n) is 21.4. The molecule has 0 aliphatic heterocycles. The van der Waals surface area contributed by atoms with Gasteiger partial charge in [0.2, 0.25) is 0 Å². The van der Waals surface area contributed by atoms with Gasteiger partial charge in [-0.15, -0.1) is 0 Å². The standard InChI is InChI=1S/C31H46O2/c1-22(12-17-29(32)33-21-23-9-5-4-6-10-23)26-15-16-27-25-14-13-24-11-7-8-19-30(24,2)28(25)18-20-31(26,27)3/h4-6,9-10,22,24-28H,7-8,11-21H2,1-3H3/t22-,24?,25?,26?,27?,28?,30?,31?/m1/s1. The second-order valence-electron chi connectivity index (χ2n) is 12.8. The van der Waals surface area contributed by atoms with E-state index in [2.05, 4.69) is 20.8 Å².